The van der Waals surface area contributed by atoms with E-state index in [4.69, 9.17) is 0 Å². The lowest BCUT2D eigenvalue weighted by Gasteiger charge is -2.00. The van der Waals surface area contributed by atoms with Crippen LogP contribution in [0.3, 0.4) is 0 Å². The van der Waals surface area contributed by atoms with Crippen molar-refractivity contribution in [1.29, 1.82) is 0 Å². The lowest BCUT2D eigenvalue weighted by molar-refractivity contribution is 0.413. The maximum Gasteiger partial charge on any atom is 0.144 e. The van der Waals surface area contributed by atoms with Gasteiger partial charge < -0.3 is 0 Å². The fraction of sp³-hybridized carbons (Fsp3) is 0.200. The van der Waals surface area contributed by atoms with Crippen molar-refractivity contribution in [2.75, 3.05) is 0 Å². The van der Waals surface area contributed by atoms with Gasteiger partial charge >= 0.3 is 0 Å². The second kappa shape index (κ2) is 3.91. The van der Waals surface area contributed by atoms with Crippen LogP contribution in [0.15, 0.2) is 36.4 Å². The minimum atomic E-state index is -1.01. The normalized spacial score (nSPS) is 13.6. The molecule has 0 aliphatic heterocycles. The van der Waals surface area contributed by atoms with Crippen LogP contribution in [0.1, 0.15) is 18.7 Å². The molecule has 0 amide bonds. The summed E-state index contributed by atoms with van der Waals surface area (Å²) in [6.07, 6.45) is 3.07. The van der Waals surface area contributed by atoms with Gasteiger partial charge in [-0.15, -0.1) is 0 Å². The van der Waals surface area contributed by atoms with E-state index in [2.05, 4.69) is 6.08 Å². The van der Waals surface area contributed by atoms with E-state index < -0.39 is 6.17 Å². The van der Waals surface area contributed by atoms with Crippen molar-refractivity contribution in [1.82, 2.24) is 0 Å². The van der Waals surface area contributed by atoms with E-state index in [-0.39, 0.29) is 0 Å². The van der Waals surface area contributed by atoms with Gasteiger partial charge in [-0.25, -0.2) is 4.39 Å². The van der Waals surface area contributed by atoms with Crippen molar-refractivity contribution in [2.45, 2.75) is 13.1 Å². The second-order valence-corrected chi connectivity index (χ2v) is 2.27. The average molecular weight is 149 g/mol. The highest BCUT2D eigenvalue weighted by Crippen LogP contribution is 2.17. The first-order valence-corrected chi connectivity index (χ1v) is 3.54. The van der Waals surface area contributed by atoms with Crippen molar-refractivity contribution in [3.63, 3.8) is 0 Å². The van der Waals surface area contributed by atoms with Gasteiger partial charge in [-0.1, -0.05) is 30.3 Å². The molecule has 1 heteroatoms. The highest BCUT2D eigenvalue weighted by molar-refractivity contribution is 5.20. The summed E-state index contributed by atoms with van der Waals surface area (Å²) in [6.45, 7) is 1.69. The predicted molar refractivity (Wildman–Crippen MR) is 43.8 cm³/mol. The van der Waals surface area contributed by atoms with Crippen LogP contribution < -0.4 is 0 Å². The van der Waals surface area contributed by atoms with Gasteiger partial charge in [0.1, 0.15) is 6.17 Å². The Bertz CT molecular complexity index is 226. The summed E-state index contributed by atoms with van der Waals surface area (Å²) >= 11 is 0. The molecule has 0 N–H and O–H groups in total. The van der Waals surface area contributed by atoms with Gasteiger partial charge in [-0.3, -0.25) is 0 Å². The maximum atomic E-state index is 13.0. The summed E-state index contributed by atoms with van der Waals surface area (Å²) in [4.78, 5) is 0. The Morgan fingerprint density at radius 2 is 2.00 bits per heavy atom. The zero-order valence-corrected chi connectivity index (χ0v) is 6.42. The van der Waals surface area contributed by atoms with Crippen LogP contribution in [0.5, 0.6) is 0 Å². The van der Waals surface area contributed by atoms with Crippen LogP contribution in [-0.4, -0.2) is 0 Å². The quantitative estimate of drug-likeness (QED) is 0.606. The third-order valence-electron chi connectivity index (χ3n) is 1.43. The molecule has 1 aromatic rings. The highest BCUT2D eigenvalue weighted by atomic mass is 19.1. The Hall–Kier alpha value is -1.11. The average Bonchev–Trinajstić information content (AvgIpc) is 2.07. The number of rotatable bonds is 2. The summed E-state index contributed by atoms with van der Waals surface area (Å²) in [5, 5.41) is 0. The molecule has 0 nitrogen and oxygen atoms in total. The Kier molecular flexibility index (Phi) is 2.84. The Labute approximate surface area is 66.4 Å². The van der Waals surface area contributed by atoms with E-state index >= 15 is 0 Å². The summed E-state index contributed by atoms with van der Waals surface area (Å²) in [5.41, 5.74) is 0.682. The van der Waals surface area contributed by atoms with Crippen molar-refractivity contribution < 1.29 is 4.39 Å². The van der Waals surface area contributed by atoms with Crippen LogP contribution in [0, 0.1) is 6.08 Å². The first-order valence-electron chi connectivity index (χ1n) is 3.54. The van der Waals surface area contributed by atoms with Crippen molar-refractivity contribution >= 4 is 0 Å². The van der Waals surface area contributed by atoms with Gasteiger partial charge in [0.15, 0.2) is 0 Å². The Morgan fingerprint density at radius 1 is 1.36 bits per heavy atom. The summed E-state index contributed by atoms with van der Waals surface area (Å²) in [5.74, 6) is 0. The number of allylic oxidation sites excluding steroid dienone is 2. The van der Waals surface area contributed by atoms with Crippen LogP contribution in [0.25, 0.3) is 0 Å². The molecule has 0 fully saturated rings. The lowest BCUT2D eigenvalue weighted by Crippen LogP contribution is -1.84. The molecule has 1 rings (SSSR count). The maximum absolute atomic E-state index is 13.0. The summed E-state index contributed by atoms with van der Waals surface area (Å²) in [7, 11) is 0. The van der Waals surface area contributed by atoms with E-state index in [1.807, 2.05) is 18.2 Å². The molecule has 0 saturated carbocycles. The SMILES string of the molecule is C/[C]=C/C(F)c1ccccc1. The molecule has 0 aliphatic carbocycles. The van der Waals surface area contributed by atoms with Gasteiger partial charge in [0.05, 0.1) is 0 Å². The molecule has 1 radical (unpaired) electrons. The number of alkyl halides is 1. The van der Waals surface area contributed by atoms with Crippen LogP contribution >= 0.6 is 0 Å². The van der Waals surface area contributed by atoms with Crippen LogP contribution in [-0.2, 0) is 0 Å². The number of hydrogen-bond donors (Lipinski definition) is 0. The first-order chi connectivity index (χ1) is 5.34. The Balaban J connectivity index is 2.76. The molecule has 0 saturated heterocycles. The predicted octanol–water partition coefficient (Wildman–Crippen LogP) is 3.08. The minimum Gasteiger partial charge on any atom is -0.238 e. The molecular weight excluding hydrogens is 139 g/mol. The molecule has 0 spiro atoms. The van der Waals surface area contributed by atoms with Gasteiger partial charge in [0, 0.05) is 0 Å². The van der Waals surface area contributed by atoms with Gasteiger partial charge in [0.2, 0.25) is 0 Å². The zero-order chi connectivity index (χ0) is 8.10. The third-order valence-corrected chi connectivity index (χ3v) is 1.43. The molecule has 11 heavy (non-hydrogen) atoms. The van der Waals surface area contributed by atoms with E-state index in [1.54, 1.807) is 19.1 Å². The topological polar surface area (TPSA) is 0 Å². The molecular formula is C10H10F. The molecule has 1 atom stereocenters. The standard InChI is InChI=1S/C10H10F/c1-2-6-10(11)9-7-4-3-5-8-9/h3-8,10H,1H3. The largest absolute Gasteiger partial charge is 0.238 e. The number of halogens is 1. The molecule has 1 aromatic carbocycles. The fourth-order valence-corrected chi connectivity index (χ4v) is 0.879. The third kappa shape index (κ3) is 2.19. The first kappa shape index (κ1) is 7.99. The monoisotopic (exact) mass is 149 g/mol. The minimum absolute atomic E-state index is 0.682. The molecule has 57 valence electrons. The van der Waals surface area contributed by atoms with Crippen molar-refractivity contribution in [3.8, 4) is 0 Å². The molecule has 0 heterocycles. The lowest BCUT2D eigenvalue weighted by atomic mass is 10.1. The van der Waals surface area contributed by atoms with E-state index in [0.717, 1.165) is 0 Å². The molecule has 0 aliphatic rings. The van der Waals surface area contributed by atoms with Crippen molar-refractivity contribution in [3.05, 3.63) is 48.0 Å². The van der Waals surface area contributed by atoms with E-state index in [0.29, 0.717) is 5.56 Å². The van der Waals surface area contributed by atoms with Crippen LogP contribution in [0.4, 0.5) is 4.39 Å². The molecule has 1 unspecified atom stereocenters. The van der Waals surface area contributed by atoms with Gasteiger partial charge in [-0.05, 0) is 24.6 Å². The summed E-state index contributed by atoms with van der Waals surface area (Å²) < 4.78 is 13.0. The number of hydrogen-bond acceptors (Lipinski definition) is 0. The second-order valence-electron chi connectivity index (χ2n) is 2.27. The van der Waals surface area contributed by atoms with Crippen molar-refractivity contribution in [2.24, 2.45) is 0 Å². The molecule has 0 aromatic heterocycles. The molecule has 0 bridgehead atoms. The van der Waals surface area contributed by atoms with Gasteiger partial charge in [-0.2, -0.15) is 0 Å². The zero-order valence-electron chi connectivity index (χ0n) is 6.42. The Morgan fingerprint density at radius 3 is 2.55 bits per heavy atom. The van der Waals surface area contributed by atoms with Gasteiger partial charge in [0.25, 0.3) is 0 Å². The smallest absolute Gasteiger partial charge is 0.144 e. The van der Waals surface area contributed by atoms with Crippen LogP contribution in [0.2, 0.25) is 0 Å². The van der Waals surface area contributed by atoms with E-state index in [9.17, 15) is 4.39 Å². The summed E-state index contributed by atoms with van der Waals surface area (Å²) in [6, 6.07) is 9.05. The van der Waals surface area contributed by atoms with E-state index in [1.165, 1.54) is 6.08 Å². The highest BCUT2D eigenvalue weighted by Gasteiger charge is 2.01. The fourth-order valence-electron chi connectivity index (χ4n) is 0.879. The number of benzene rings is 1.